The minimum absolute atomic E-state index is 0.123. The van der Waals surface area contributed by atoms with Crippen LogP contribution in [0.2, 0.25) is 0 Å². The van der Waals surface area contributed by atoms with E-state index in [4.69, 9.17) is 4.74 Å². The van der Waals surface area contributed by atoms with Gasteiger partial charge in [0.2, 0.25) is 0 Å². The molecular formula is C15H30O5. The molecule has 0 unspecified atom stereocenters. The Balaban J connectivity index is -0.000000223. The van der Waals surface area contributed by atoms with E-state index < -0.39 is 0 Å². The van der Waals surface area contributed by atoms with E-state index in [1.54, 1.807) is 20.8 Å². The summed E-state index contributed by atoms with van der Waals surface area (Å²) in [5.74, 6) is -0.0926. The Morgan fingerprint density at radius 3 is 1.35 bits per heavy atom. The van der Waals surface area contributed by atoms with Crippen molar-refractivity contribution in [2.75, 3.05) is 6.61 Å². The van der Waals surface area contributed by atoms with Crippen LogP contribution in [-0.2, 0) is 23.9 Å². The van der Waals surface area contributed by atoms with E-state index in [-0.39, 0.29) is 23.3 Å². The van der Waals surface area contributed by atoms with Crippen LogP contribution in [0.25, 0.3) is 0 Å². The molecule has 0 aliphatic heterocycles. The zero-order valence-corrected chi connectivity index (χ0v) is 14.2. The van der Waals surface area contributed by atoms with Crippen molar-refractivity contribution >= 4 is 17.7 Å². The normalized spacial score (nSPS) is 9.20. The lowest BCUT2D eigenvalue weighted by Crippen LogP contribution is -2.21. The minimum Gasteiger partial charge on any atom is -0.466 e. The van der Waals surface area contributed by atoms with Crippen LogP contribution < -0.4 is 0 Å². The molecule has 0 aliphatic carbocycles. The molecule has 0 fully saturated rings. The molecule has 20 heavy (non-hydrogen) atoms. The second-order valence-electron chi connectivity index (χ2n) is 4.92. The first-order valence-corrected chi connectivity index (χ1v) is 6.84. The van der Waals surface area contributed by atoms with Crippen LogP contribution in [0.3, 0.4) is 0 Å². The maximum atomic E-state index is 10.2. The zero-order chi connectivity index (χ0) is 16.8. The van der Waals surface area contributed by atoms with Gasteiger partial charge in [0.25, 0.3) is 0 Å². The molecule has 0 radical (unpaired) electrons. The number of rotatable bonds is 3. The third-order valence-corrected chi connectivity index (χ3v) is 1.54. The predicted molar refractivity (Wildman–Crippen MR) is 79.4 cm³/mol. The monoisotopic (exact) mass is 290 g/mol. The quantitative estimate of drug-likeness (QED) is 0.746. The Morgan fingerprint density at radius 1 is 0.900 bits per heavy atom. The van der Waals surface area contributed by atoms with Crippen LogP contribution in [0.1, 0.15) is 68.2 Å². The third-order valence-electron chi connectivity index (χ3n) is 1.54. The van der Waals surface area contributed by atoms with Crippen LogP contribution in [0, 0.1) is 0 Å². The van der Waals surface area contributed by atoms with Crippen LogP contribution >= 0.6 is 0 Å². The Bertz CT molecular complexity index is 276. The Morgan fingerprint density at radius 2 is 1.30 bits per heavy atom. The largest absolute Gasteiger partial charge is 0.466 e. The predicted octanol–water partition coefficient (Wildman–Crippen LogP) is 3.29. The van der Waals surface area contributed by atoms with Crippen molar-refractivity contribution in [3.63, 3.8) is 0 Å². The Hall–Kier alpha value is -1.39. The van der Waals surface area contributed by atoms with Crippen molar-refractivity contribution in [2.45, 2.75) is 73.8 Å². The van der Waals surface area contributed by atoms with Gasteiger partial charge in [-0.25, -0.2) is 0 Å². The summed E-state index contributed by atoms with van der Waals surface area (Å²) >= 11 is 0. The summed E-state index contributed by atoms with van der Waals surface area (Å²) in [7, 11) is 0. The van der Waals surface area contributed by atoms with Gasteiger partial charge in [0.1, 0.15) is 11.4 Å². The molecule has 0 amide bonds. The van der Waals surface area contributed by atoms with Crippen molar-refractivity contribution in [1.82, 2.24) is 0 Å². The van der Waals surface area contributed by atoms with Crippen LogP contribution in [0.4, 0.5) is 0 Å². The summed E-state index contributed by atoms with van der Waals surface area (Å²) < 4.78 is 9.35. The number of hydrogen-bond donors (Lipinski definition) is 0. The average molecular weight is 290 g/mol. The molecule has 0 atom stereocenters. The SMILES string of the molecule is CC(=O)OC(C)(C)C.CCC(C)=O.CCOC(=O)CC. The summed E-state index contributed by atoms with van der Waals surface area (Å²) in [5, 5.41) is 0. The fourth-order valence-electron chi connectivity index (χ4n) is 0.694. The van der Waals surface area contributed by atoms with Crippen LogP contribution in [-0.4, -0.2) is 29.9 Å². The van der Waals surface area contributed by atoms with E-state index in [1.165, 1.54) is 6.92 Å². The summed E-state index contributed by atoms with van der Waals surface area (Å²) in [6.07, 6.45) is 1.15. The van der Waals surface area contributed by atoms with Gasteiger partial charge in [-0.3, -0.25) is 9.59 Å². The number of carbonyl (C=O) groups is 3. The lowest BCUT2D eigenvalue weighted by Gasteiger charge is -2.17. The second kappa shape index (κ2) is 14.0. The van der Waals surface area contributed by atoms with Crippen LogP contribution in [0.5, 0.6) is 0 Å². The fourth-order valence-corrected chi connectivity index (χ4v) is 0.694. The molecular weight excluding hydrogens is 260 g/mol. The number of ketones is 1. The number of esters is 2. The van der Waals surface area contributed by atoms with Gasteiger partial charge in [0.15, 0.2) is 0 Å². The molecule has 0 spiro atoms. The molecule has 0 aliphatic rings. The van der Waals surface area contributed by atoms with Gasteiger partial charge in [-0.1, -0.05) is 13.8 Å². The van der Waals surface area contributed by atoms with Crippen molar-refractivity contribution in [3.05, 3.63) is 0 Å². The molecule has 0 rings (SSSR count). The van der Waals surface area contributed by atoms with Gasteiger partial charge in [0.05, 0.1) is 6.61 Å². The minimum atomic E-state index is -0.328. The zero-order valence-electron chi connectivity index (χ0n) is 14.2. The highest BCUT2D eigenvalue weighted by molar-refractivity contribution is 5.74. The molecule has 0 saturated heterocycles. The van der Waals surface area contributed by atoms with E-state index in [0.717, 1.165) is 0 Å². The molecule has 120 valence electrons. The van der Waals surface area contributed by atoms with Crippen molar-refractivity contribution in [2.24, 2.45) is 0 Å². The van der Waals surface area contributed by atoms with Crippen molar-refractivity contribution < 1.29 is 23.9 Å². The lowest BCUT2D eigenvalue weighted by molar-refractivity contribution is -0.152. The van der Waals surface area contributed by atoms with E-state index in [2.05, 4.69) is 4.74 Å². The first kappa shape index (κ1) is 23.7. The summed E-state index contributed by atoms with van der Waals surface area (Å²) in [6, 6.07) is 0. The molecule has 5 nitrogen and oxygen atoms in total. The van der Waals surface area contributed by atoms with Gasteiger partial charge < -0.3 is 14.3 Å². The van der Waals surface area contributed by atoms with E-state index in [0.29, 0.717) is 19.4 Å². The summed E-state index contributed by atoms with van der Waals surface area (Å²) in [5.41, 5.74) is -0.328. The maximum Gasteiger partial charge on any atom is 0.305 e. The first-order chi connectivity index (χ1) is 8.99. The highest BCUT2D eigenvalue weighted by Gasteiger charge is 2.11. The van der Waals surface area contributed by atoms with Gasteiger partial charge in [-0.2, -0.15) is 0 Å². The number of Topliss-reactive ketones (excluding diaryl/α,β-unsaturated/α-hetero) is 1. The average Bonchev–Trinajstić information content (AvgIpc) is 2.27. The van der Waals surface area contributed by atoms with Crippen molar-refractivity contribution in [3.8, 4) is 0 Å². The third kappa shape index (κ3) is 36.0. The Kier molecular flexibility index (Phi) is 16.6. The van der Waals surface area contributed by atoms with Gasteiger partial charge >= 0.3 is 11.9 Å². The highest BCUT2D eigenvalue weighted by atomic mass is 16.6. The standard InChI is InChI=1S/C6H12O2.C5H10O2.C4H8O/c1-5(7)8-6(2,3)4;1-3-5(6)7-4-2;1-3-4(2)5/h1-4H3;3-4H2,1-2H3;3H2,1-2H3. The molecule has 5 heteroatoms. The molecule has 0 aromatic heterocycles. The van der Waals surface area contributed by atoms with Gasteiger partial charge in [0, 0.05) is 19.8 Å². The molecule has 0 aromatic carbocycles. The lowest BCUT2D eigenvalue weighted by atomic mass is 10.2. The maximum absolute atomic E-state index is 10.2. The van der Waals surface area contributed by atoms with Crippen LogP contribution in [0.15, 0.2) is 0 Å². The number of carbonyl (C=O) groups excluding carboxylic acids is 3. The topological polar surface area (TPSA) is 69.7 Å². The van der Waals surface area contributed by atoms with Crippen molar-refractivity contribution in [1.29, 1.82) is 0 Å². The molecule has 0 bridgehead atoms. The van der Waals surface area contributed by atoms with E-state index in [1.807, 2.05) is 27.7 Å². The summed E-state index contributed by atoms with van der Waals surface area (Å²) in [4.78, 5) is 30.2. The first-order valence-electron chi connectivity index (χ1n) is 6.84. The molecule has 0 aromatic rings. The fraction of sp³-hybridized carbons (Fsp3) is 0.800. The second-order valence-corrected chi connectivity index (χ2v) is 4.92. The van der Waals surface area contributed by atoms with E-state index in [9.17, 15) is 14.4 Å². The number of hydrogen-bond acceptors (Lipinski definition) is 5. The molecule has 0 N–H and O–H groups in total. The summed E-state index contributed by atoms with van der Waals surface area (Å²) in [6.45, 7) is 14.4. The smallest absolute Gasteiger partial charge is 0.305 e. The van der Waals surface area contributed by atoms with Gasteiger partial charge in [-0.05, 0) is 34.6 Å². The highest BCUT2D eigenvalue weighted by Crippen LogP contribution is 2.05. The number of ether oxygens (including phenoxy) is 2. The van der Waals surface area contributed by atoms with Gasteiger partial charge in [-0.15, -0.1) is 0 Å². The molecule has 0 heterocycles. The van der Waals surface area contributed by atoms with E-state index >= 15 is 0 Å². The Labute approximate surface area is 123 Å². The molecule has 0 saturated carbocycles.